The van der Waals surface area contributed by atoms with Crippen LogP contribution in [0.4, 0.5) is 0 Å². The molecule has 0 fully saturated rings. The van der Waals surface area contributed by atoms with E-state index in [9.17, 15) is 34.2 Å². The summed E-state index contributed by atoms with van der Waals surface area (Å²) in [4.78, 5) is 64.7. The number of carboxylic acids is 1. The minimum atomic E-state index is -1.15. The first-order valence-electron chi connectivity index (χ1n) is 12.9. The average molecular weight is 535 g/mol. The fourth-order valence-electron chi connectivity index (χ4n) is 3.88. The maximum atomic E-state index is 13.2. The highest BCUT2D eigenvalue weighted by Gasteiger charge is 2.35. The molecule has 0 aromatic heterocycles. The number of carboxylic acid groups (broad SMARTS) is 1. The van der Waals surface area contributed by atoms with E-state index >= 15 is 0 Å². The van der Waals surface area contributed by atoms with Crippen LogP contribution in [-0.4, -0.2) is 82.5 Å². The number of likely N-dealkylation sites (N-methyl/N-ethyl adjacent to an activating group) is 1. The minimum absolute atomic E-state index is 0.0138. The van der Waals surface area contributed by atoms with Crippen molar-refractivity contribution in [2.75, 3.05) is 13.7 Å². The lowest BCUT2D eigenvalue weighted by Crippen LogP contribution is -2.58. The number of hydrogen-bond acceptors (Lipinski definition) is 6. The highest BCUT2D eigenvalue weighted by atomic mass is 16.4. The molecule has 5 N–H and O–H groups in total. The van der Waals surface area contributed by atoms with Gasteiger partial charge in [-0.15, -0.1) is 0 Å². The van der Waals surface area contributed by atoms with Gasteiger partial charge in [0.15, 0.2) is 0 Å². The highest BCUT2D eigenvalue weighted by molar-refractivity contribution is 5.98. The van der Waals surface area contributed by atoms with Crippen LogP contribution < -0.4 is 16.0 Å². The Hall–Kier alpha value is -3.47. The molecule has 0 heterocycles. The topological polar surface area (TPSA) is 165 Å². The normalized spacial score (nSPS) is 14.9. The molecule has 5 atom stereocenters. The van der Waals surface area contributed by atoms with Gasteiger partial charge in [0.25, 0.3) is 5.91 Å². The Bertz CT molecular complexity index is 954. The number of amides is 4. The van der Waals surface area contributed by atoms with Crippen LogP contribution in [0.3, 0.4) is 0 Å². The van der Waals surface area contributed by atoms with Crippen LogP contribution in [0.5, 0.6) is 0 Å². The standard InChI is InChI=1S/C27H42N4O7/c1-7-17(4)22(27(37)38)30-25(35)21(15-16(2)3)31(6)26(36)18(5)28-24(34)20(13-14-32)29-23(33)19-11-9-8-10-12-19/h8-12,16-18,20-22,32H,7,13-15H2,1-6H3,(H,28,34)(H,29,33)(H,30,35)(H,37,38)/t17-,18-,20+,21+,22+/m1/s1. The van der Waals surface area contributed by atoms with Gasteiger partial charge in [-0.2, -0.15) is 0 Å². The van der Waals surface area contributed by atoms with Crippen molar-refractivity contribution in [3.8, 4) is 0 Å². The van der Waals surface area contributed by atoms with Crippen molar-refractivity contribution in [2.45, 2.75) is 78.0 Å². The Kier molecular flexibility index (Phi) is 13.5. The van der Waals surface area contributed by atoms with E-state index < -0.39 is 53.8 Å². The third-order valence-electron chi connectivity index (χ3n) is 6.39. The van der Waals surface area contributed by atoms with Crippen molar-refractivity contribution in [3.05, 3.63) is 35.9 Å². The number of hydrogen-bond donors (Lipinski definition) is 5. The van der Waals surface area contributed by atoms with Gasteiger partial charge in [0, 0.05) is 19.2 Å². The van der Waals surface area contributed by atoms with Crippen molar-refractivity contribution in [3.63, 3.8) is 0 Å². The Morgan fingerprint density at radius 1 is 0.921 bits per heavy atom. The molecule has 11 heteroatoms. The van der Waals surface area contributed by atoms with Gasteiger partial charge in [-0.25, -0.2) is 4.79 Å². The predicted molar refractivity (Wildman–Crippen MR) is 142 cm³/mol. The summed E-state index contributed by atoms with van der Waals surface area (Å²) in [6, 6.07) is 4.06. The number of carbonyl (C=O) groups excluding carboxylic acids is 4. The van der Waals surface area contributed by atoms with Gasteiger partial charge in [-0.3, -0.25) is 19.2 Å². The zero-order valence-electron chi connectivity index (χ0n) is 23.1. The second kappa shape index (κ2) is 15.7. The largest absolute Gasteiger partial charge is 0.480 e. The molecule has 0 aliphatic carbocycles. The molecule has 0 spiro atoms. The van der Waals surface area contributed by atoms with E-state index in [0.29, 0.717) is 12.0 Å². The van der Waals surface area contributed by atoms with Gasteiger partial charge in [-0.1, -0.05) is 52.3 Å². The summed E-state index contributed by atoms with van der Waals surface area (Å²) >= 11 is 0. The van der Waals surface area contributed by atoms with Gasteiger partial charge in [0.05, 0.1) is 0 Å². The number of rotatable bonds is 15. The molecular formula is C27H42N4O7. The monoisotopic (exact) mass is 534 g/mol. The van der Waals surface area contributed by atoms with Crippen molar-refractivity contribution in [2.24, 2.45) is 11.8 Å². The molecule has 1 aromatic rings. The molecule has 11 nitrogen and oxygen atoms in total. The molecule has 0 aliphatic heterocycles. The van der Waals surface area contributed by atoms with E-state index in [1.54, 1.807) is 37.3 Å². The molecule has 0 saturated carbocycles. The van der Waals surface area contributed by atoms with Crippen molar-refractivity contribution < 1.29 is 34.2 Å². The van der Waals surface area contributed by atoms with Crippen molar-refractivity contribution >= 4 is 29.6 Å². The zero-order chi connectivity index (χ0) is 29.0. The molecule has 0 aliphatic rings. The Labute approximate surface area is 224 Å². The molecule has 0 unspecified atom stereocenters. The van der Waals surface area contributed by atoms with Gasteiger partial charge >= 0.3 is 5.97 Å². The maximum absolute atomic E-state index is 13.2. The number of aliphatic hydroxyl groups excluding tert-OH is 1. The lowest BCUT2D eigenvalue weighted by molar-refractivity contribution is -0.146. The smallest absolute Gasteiger partial charge is 0.326 e. The van der Waals surface area contributed by atoms with E-state index in [-0.39, 0.29) is 31.3 Å². The molecule has 0 radical (unpaired) electrons. The summed E-state index contributed by atoms with van der Waals surface area (Å²) in [5, 5.41) is 26.6. The van der Waals surface area contributed by atoms with Crippen LogP contribution in [0.2, 0.25) is 0 Å². The molecule has 1 rings (SSSR count). The van der Waals surface area contributed by atoms with E-state index in [2.05, 4.69) is 16.0 Å². The lowest BCUT2D eigenvalue weighted by atomic mass is 9.97. The Balaban J connectivity index is 2.98. The van der Waals surface area contributed by atoms with Gasteiger partial charge in [-0.05, 0) is 43.7 Å². The number of benzene rings is 1. The highest BCUT2D eigenvalue weighted by Crippen LogP contribution is 2.15. The van der Waals surface area contributed by atoms with Gasteiger partial charge < -0.3 is 31.1 Å². The van der Waals surface area contributed by atoms with E-state index in [0.717, 1.165) is 0 Å². The third kappa shape index (κ3) is 9.77. The van der Waals surface area contributed by atoms with Crippen LogP contribution in [0.15, 0.2) is 30.3 Å². The zero-order valence-corrected chi connectivity index (χ0v) is 23.1. The first-order valence-corrected chi connectivity index (χ1v) is 12.9. The molecule has 38 heavy (non-hydrogen) atoms. The third-order valence-corrected chi connectivity index (χ3v) is 6.39. The summed E-state index contributed by atoms with van der Waals surface area (Å²) in [5.74, 6) is -3.77. The molecule has 4 amide bonds. The fraction of sp³-hybridized carbons (Fsp3) is 0.593. The number of nitrogens with zero attached hydrogens (tertiary/aromatic N) is 1. The quantitative estimate of drug-likeness (QED) is 0.225. The molecule has 0 bridgehead atoms. The second-order valence-electron chi connectivity index (χ2n) is 9.94. The van der Waals surface area contributed by atoms with Crippen LogP contribution in [0.25, 0.3) is 0 Å². The minimum Gasteiger partial charge on any atom is -0.480 e. The molecule has 0 saturated heterocycles. The summed E-state index contributed by atoms with van der Waals surface area (Å²) < 4.78 is 0. The maximum Gasteiger partial charge on any atom is 0.326 e. The summed E-state index contributed by atoms with van der Waals surface area (Å²) in [5.41, 5.74) is 0.340. The second-order valence-corrected chi connectivity index (χ2v) is 9.94. The Morgan fingerprint density at radius 3 is 2.03 bits per heavy atom. The number of aliphatic hydroxyl groups is 1. The van der Waals surface area contributed by atoms with Crippen LogP contribution in [-0.2, 0) is 19.2 Å². The summed E-state index contributed by atoms with van der Waals surface area (Å²) in [6.45, 7) is 8.39. The summed E-state index contributed by atoms with van der Waals surface area (Å²) in [7, 11) is 1.43. The first-order chi connectivity index (χ1) is 17.8. The summed E-state index contributed by atoms with van der Waals surface area (Å²) in [6.07, 6.45) is 0.757. The first kappa shape index (κ1) is 32.6. The average Bonchev–Trinajstić information content (AvgIpc) is 2.88. The van der Waals surface area contributed by atoms with E-state index in [4.69, 9.17) is 0 Å². The van der Waals surface area contributed by atoms with Crippen LogP contribution in [0.1, 0.15) is 64.2 Å². The molecule has 212 valence electrons. The van der Waals surface area contributed by atoms with E-state index in [1.165, 1.54) is 18.9 Å². The SMILES string of the molecule is CC[C@@H](C)[C@H](NC(=O)[C@H](CC(C)C)N(C)C(=O)[C@@H](C)NC(=O)[C@H](CCO)NC(=O)c1ccccc1)C(=O)O. The molecule has 1 aromatic carbocycles. The van der Waals surface area contributed by atoms with Crippen LogP contribution in [0, 0.1) is 11.8 Å². The molecular weight excluding hydrogens is 492 g/mol. The van der Waals surface area contributed by atoms with E-state index in [1.807, 2.05) is 20.8 Å². The predicted octanol–water partition coefficient (Wildman–Crippen LogP) is 1.16. The number of nitrogens with one attached hydrogen (secondary N) is 3. The fourth-order valence-corrected chi connectivity index (χ4v) is 3.88. The number of carbonyl (C=O) groups is 5. The Morgan fingerprint density at radius 2 is 1.53 bits per heavy atom. The van der Waals surface area contributed by atoms with Gasteiger partial charge in [0.2, 0.25) is 17.7 Å². The van der Waals surface area contributed by atoms with Gasteiger partial charge in [0.1, 0.15) is 24.2 Å². The number of aliphatic carboxylic acids is 1. The van der Waals surface area contributed by atoms with Crippen molar-refractivity contribution in [1.82, 2.24) is 20.9 Å². The van der Waals surface area contributed by atoms with Crippen molar-refractivity contribution in [1.29, 1.82) is 0 Å². The lowest BCUT2D eigenvalue weighted by Gasteiger charge is -2.32. The van der Waals surface area contributed by atoms with Crippen LogP contribution >= 0.6 is 0 Å².